The Morgan fingerprint density at radius 3 is 2.25 bits per heavy atom. The van der Waals surface area contributed by atoms with Crippen LogP contribution in [-0.4, -0.2) is 28.0 Å². The van der Waals surface area contributed by atoms with Gasteiger partial charge in [0.15, 0.2) is 6.61 Å². The predicted octanol–water partition coefficient (Wildman–Crippen LogP) is 4.06. The molecule has 0 aliphatic carbocycles. The Balaban J connectivity index is 1.54. The lowest BCUT2D eigenvalue weighted by atomic mass is 10.1. The van der Waals surface area contributed by atoms with Gasteiger partial charge < -0.3 is 14.8 Å². The summed E-state index contributed by atoms with van der Waals surface area (Å²) in [6, 6.07) is 20.2. The minimum atomic E-state index is -3.72. The van der Waals surface area contributed by atoms with Gasteiger partial charge in [0.05, 0.1) is 18.0 Å². The maximum Gasteiger partial charge on any atom is 0.261 e. The van der Waals surface area contributed by atoms with E-state index in [2.05, 4.69) is 10.0 Å². The van der Waals surface area contributed by atoms with Crippen LogP contribution in [0.4, 0.5) is 5.69 Å². The first-order valence-corrected chi connectivity index (χ1v) is 11.5. The number of anilines is 1. The molecule has 3 aromatic carbocycles. The maximum atomic E-state index is 12.6. The number of benzene rings is 3. The van der Waals surface area contributed by atoms with E-state index >= 15 is 0 Å². The highest BCUT2D eigenvalue weighted by molar-refractivity contribution is 7.92. The molecule has 3 rings (SSSR count). The van der Waals surface area contributed by atoms with Gasteiger partial charge in [0, 0.05) is 5.69 Å². The van der Waals surface area contributed by atoms with Crippen LogP contribution in [0.3, 0.4) is 0 Å². The van der Waals surface area contributed by atoms with Crippen molar-refractivity contribution in [1.29, 1.82) is 0 Å². The third-order valence-corrected chi connectivity index (χ3v) is 6.16. The van der Waals surface area contributed by atoms with Gasteiger partial charge in [0.25, 0.3) is 15.9 Å². The average molecular weight is 455 g/mol. The normalized spacial score (nSPS) is 12.0. The summed E-state index contributed by atoms with van der Waals surface area (Å²) >= 11 is 0. The zero-order valence-corrected chi connectivity index (χ0v) is 19.0. The Morgan fingerprint density at radius 1 is 0.969 bits per heavy atom. The van der Waals surface area contributed by atoms with Gasteiger partial charge in [0.2, 0.25) is 0 Å². The summed E-state index contributed by atoms with van der Waals surface area (Å²) in [5, 5.41) is 2.86. The predicted molar refractivity (Wildman–Crippen MR) is 123 cm³/mol. The second-order valence-electron chi connectivity index (χ2n) is 7.30. The SMILES string of the molecule is COc1ccc([C@@H](C)NC(=O)COc2ccc(S(=O)(=O)Nc3cccc(C)c3)cc2)cc1. The van der Waals surface area contributed by atoms with Crippen LogP contribution < -0.4 is 19.5 Å². The molecule has 0 bridgehead atoms. The molecule has 168 valence electrons. The molecular weight excluding hydrogens is 428 g/mol. The number of aryl methyl sites for hydroxylation is 1. The van der Waals surface area contributed by atoms with E-state index in [1.54, 1.807) is 25.3 Å². The number of carbonyl (C=O) groups is 1. The Hall–Kier alpha value is -3.52. The molecule has 0 heterocycles. The van der Waals surface area contributed by atoms with Crippen LogP contribution in [0, 0.1) is 6.92 Å². The van der Waals surface area contributed by atoms with E-state index in [1.807, 2.05) is 44.2 Å². The fraction of sp³-hybridized carbons (Fsp3) is 0.208. The fourth-order valence-electron chi connectivity index (χ4n) is 3.05. The number of hydrogen-bond acceptors (Lipinski definition) is 5. The molecule has 0 aliphatic rings. The summed E-state index contributed by atoms with van der Waals surface area (Å²) in [6.45, 7) is 3.58. The van der Waals surface area contributed by atoms with Gasteiger partial charge in [-0.15, -0.1) is 0 Å². The van der Waals surface area contributed by atoms with E-state index in [4.69, 9.17) is 9.47 Å². The van der Waals surface area contributed by atoms with Crippen LogP contribution in [0.2, 0.25) is 0 Å². The summed E-state index contributed by atoms with van der Waals surface area (Å²) in [4.78, 5) is 12.3. The third-order valence-electron chi connectivity index (χ3n) is 4.77. The number of rotatable bonds is 9. The number of nitrogens with one attached hydrogen (secondary N) is 2. The second kappa shape index (κ2) is 10.2. The number of ether oxygens (including phenoxy) is 2. The minimum Gasteiger partial charge on any atom is -0.497 e. The molecule has 0 saturated heterocycles. The summed E-state index contributed by atoms with van der Waals surface area (Å²) < 4.78 is 38.3. The molecule has 32 heavy (non-hydrogen) atoms. The van der Waals surface area contributed by atoms with Crippen LogP contribution >= 0.6 is 0 Å². The Kier molecular flexibility index (Phi) is 7.37. The summed E-state index contributed by atoms with van der Waals surface area (Å²) in [5.74, 6) is 0.855. The van der Waals surface area contributed by atoms with Crippen molar-refractivity contribution in [3.05, 3.63) is 83.9 Å². The van der Waals surface area contributed by atoms with Crippen molar-refractivity contribution < 1.29 is 22.7 Å². The fourth-order valence-corrected chi connectivity index (χ4v) is 4.10. The van der Waals surface area contributed by atoms with Gasteiger partial charge >= 0.3 is 0 Å². The van der Waals surface area contributed by atoms with Gasteiger partial charge in [-0.2, -0.15) is 0 Å². The van der Waals surface area contributed by atoms with Crippen LogP contribution in [-0.2, 0) is 14.8 Å². The number of sulfonamides is 1. The largest absolute Gasteiger partial charge is 0.497 e. The molecule has 0 radical (unpaired) electrons. The zero-order valence-electron chi connectivity index (χ0n) is 18.2. The molecule has 8 heteroatoms. The summed E-state index contributed by atoms with van der Waals surface area (Å²) in [5.41, 5.74) is 2.39. The summed E-state index contributed by atoms with van der Waals surface area (Å²) in [6.07, 6.45) is 0. The third kappa shape index (κ3) is 6.24. The van der Waals surface area contributed by atoms with Crippen molar-refractivity contribution >= 4 is 21.6 Å². The molecule has 0 aromatic heterocycles. The Morgan fingerprint density at radius 2 is 1.62 bits per heavy atom. The van der Waals surface area contributed by atoms with Crippen molar-refractivity contribution in [2.24, 2.45) is 0 Å². The number of methoxy groups -OCH3 is 1. The number of hydrogen-bond donors (Lipinski definition) is 2. The number of carbonyl (C=O) groups excluding carboxylic acids is 1. The molecule has 0 aliphatic heterocycles. The highest BCUT2D eigenvalue weighted by Gasteiger charge is 2.15. The Labute approximate surface area is 188 Å². The monoisotopic (exact) mass is 454 g/mol. The standard InChI is InChI=1S/C24H26N2O5S/c1-17-5-4-6-20(15-17)26-32(28,29)23-13-11-22(12-14-23)31-16-24(27)25-18(2)19-7-9-21(30-3)10-8-19/h4-15,18,26H,16H2,1-3H3,(H,25,27)/t18-/m1/s1. The van der Waals surface area contributed by atoms with Crippen molar-refractivity contribution in [3.8, 4) is 11.5 Å². The Bertz CT molecular complexity index is 1160. The van der Waals surface area contributed by atoms with Gasteiger partial charge in [-0.1, -0.05) is 24.3 Å². The highest BCUT2D eigenvalue weighted by Crippen LogP contribution is 2.20. The maximum absolute atomic E-state index is 12.6. The van der Waals surface area contributed by atoms with E-state index in [9.17, 15) is 13.2 Å². The summed E-state index contributed by atoms with van der Waals surface area (Å²) in [7, 11) is -2.13. The second-order valence-corrected chi connectivity index (χ2v) is 8.98. The first-order valence-electron chi connectivity index (χ1n) is 10.0. The van der Waals surface area contributed by atoms with Crippen LogP contribution in [0.1, 0.15) is 24.1 Å². The van der Waals surface area contributed by atoms with Crippen LogP contribution in [0.5, 0.6) is 11.5 Å². The molecular formula is C24H26N2O5S. The molecule has 3 aromatic rings. The van der Waals surface area contributed by atoms with E-state index < -0.39 is 10.0 Å². The van der Waals surface area contributed by atoms with Crippen molar-refractivity contribution in [2.45, 2.75) is 24.8 Å². The molecule has 1 atom stereocenters. The van der Waals surface area contributed by atoms with E-state index in [-0.39, 0.29) is 23.5 Å². The lowest BCUT2D eigenvalue weighted by Gasteiger charge is -2.15. The lowest BCUT2D eigenvalue weighted by molar-refractivity contribution is -0.123. The molecule has 1 amide bonds. The first kappa shape index (κ1) is 23.1. The van der Waals surface area contributed by atoms with Crippen molar-refractivity contribution in [1.82, 2.24) is 5.32 Å². The van der Waals surface area contributed by atoms with Crippen LogP contribution in [0.25, 0.3) is 0 Å². The van der Waals surface area contributed by atoms with Gasteiger partial charge in [-0.3, -0.25) is 9.52 Å². The average Bonchev–Trinajstić information content (AvgIpc) is 2.77. The molecule has 7 nitrogen and oxygen atoms in total. The topological polar surface area (TPSA) is 93.7 Å². The first-order chi connectivity index (χ1) is 15.3. The highest BCUT2D eigenvalue weighted by atomic mass is 32.2. The van der Waals surface area contributed by atoms with Gasteiger partial charge in [0.1, 0.15) is 11.5 Å². The zero-order chi connectivity index (χ0) is 23.1. The van der Waals surface area contributed by atoms with E-state index in [0.717, 1.165) is 16.9 Å². The van der Waals surface area contributed by atoms with Gasteiger partial charge in [-0.25, -0.2) is 8.42 Å². The quantitative estimate of drug-likeness (QED) is 0.509. The van der Waals surface area contributed by atoms with Crippen LogP contribution in [0.15, 0.2) is 77.7 Å². The molecule has 0 spiro atoms. The lowest BCUT2D eigenvalue weighted by Crippen LogP contribution is -2.31. The van der Waals surface area contributed by atoms with Crippen molar-refractivity contribution in [3.63, 3.8) is 0 Å². The minimum absolute atomic E-state index is 0.101. The van der Waals surface area contributed by atoms with E-state index in [0.29, 0.717) is 11.4 Å². The molecule has 0 saturated carbocycles. The van der Waals surface area contributed by atoms with E-state index in [1.165, 1.54) is 24.3 Å². The smallest absolute Gasteiger partial charge is 0.261 e. The van der Waals surface area contributed by atoms with Crippen molar-refractivity contribution in [2.75, 3.05) is 18.4 Å². The molecule has 2 N–H and O–H groups in total. The molecule has 0 unspecified atom stereocenters. The molecule has 0 fully saturated rings. The number of amides is 1. The van der Waals surface area contributed by atoms with Gasteiger partial charge in [-0.05, 0) is 73.5 Å².